The number of hydrogen-bond acceptors (Lipinski definition) is 3. The summed E-state index contributed by atoms with van der Waals surface area (Å²) in [7, 11) is 1.76. The molecular formula is C18H25NOS. The Labute approximate surface area is 132 Å². The summed E-state index contributed by atoms with van der Waals surface area (Å²) < 4.78 is 5.13. The molecule has 0 saturated carbocycles. The highest BCUT2D eigenvalue weighted by Crippen LogP contribution is 2.23. The summed E-state index contributed by atoms with van der Waals surface area (Å²) in [6.07, 6.45) is 1.16. The molecule has 1 unspecified atom stereocenters. The topological polar surface area (TPSA) is 21.3 Å². The van der Waals surface area contributed by atoms with Gasteiger partial charge in [-0.05, 0) is 35.4 Å². The fourth-order valence-corrected chi connectivity index (χ4v) is 3.36. The van der Waals surface area contributed by atoms with E-state index in [2.05, 4.69) is 54.7 Å². The monoisotopic (exact) mass is 303 g/mol. The molecule has 0 amide bonds. The molecule has 0 radical (unpaired) electrons. The van der Waals surface area contributed by atoms with Crippen molar-refractivity contribution in [2.75, 3.05) is 31.8 Å². The van der Waals surface area contributed by atoms with Gasteiger partial charge in [0, 0.05) is 24.7 Å². The Bertz CT molecular complexity index is 543. The summed E-state index contributed by atoms with van der Waals surface area (Å²) in [6.45, 7) is 4.09. The Kier molecular flexibility index (Phi) is 7.07. The van der Waals surface area contributed by atoms with Crippen molar-refractivity contribution in [3.63, 3.8) is 0 Å². The minimum atomic E-state index is 0.413. The number of hydrogen-bond donors (Lipinski definition) is 1. The lowest BCUT2D eigenvalue weighted by Gasteiger charge is -2.19. The quantitative estimate of drug-likeness (QED) is 0.699. The van der Waals surface area contributed by atoms with Gasteiger partial charge < -0.3 is 10.1 Å². The lowest BCUT2D eigenvalue weighted by molar-refractivity contribution is 0.218. The second-order valence-electron chi connectivity index (χ2n) is 5.18. The van der Waals surface area contributed by atoms with Crippen molar-refractivity contribution in [1.82, 2.24) is 5.32 Å². The van der Waals surface area contributed by atoms with Gasteiger partial charge in [-0.1, -0.05) is 43.3 Å². The molecular weight excluding hydrogens is 278 g/mol. The number of rotatable bonds is 9. The van der Waals surface area contributed by atoms with Crippen LogP contribution < -0.4 is 5.32 Å². The van der Waals surface area contributed by atoms with Crippen LogP contribution in [0.3, 0.4) is 0 Å². The Morgan fingerprint density at radius 1 is 1.14 bits per heavy atom. The van der Waals surface area contributed by atoms with E-state index in [1.807, 2.05) is 11.8 Å². The van der Waals surface area contributed by atoms with E-state index in [4.69, 9.17) is 4.74 Å². The van der Waals surface area contributed by atoms with E-state index < -0.39 is 0 Å². The van der Waals surface area contributed by atoms with Crippen LogP contribution in [0.15, 0.2) is 42.5 Å². The van der Waals surface area contributed by atoms with Gasteiger partial charge in [-0.3, -0.25) is 0 Å². The minimum absolute atomic E-state index is 0.413. The number of thioether (sulfide) groups is 1. The van der Waals surface area contributed by atoms with Crippen LogP contribution in [0.4, 0.5) is 0 Å². The molecule has 114 valence electrons. The highest BCUT2D eigenvalue weighted by molar-refractivity contribution is 7.99. The molecule has 2 aromatic carbocycles. The average Bonchev–Trinajstić information content (AvgIpc) is 2.54. The SMILES string of the molecule is CCCNC(CSCCOC)c1ccc2ccccc2c1. The van der Waals surface area contributed by atoms with E-state index in [9.17, 15) is 0 Å². The van der Waals surface area contributed by atoms with Gasteiger partial charge in [0.1, 0.15) is 0 Å². The number of methoxy groups -OCH3 is 1. The number of ether oxygens (including phenoxy) is 1. The molecule has 0 fully saturated rings. The average molecular weight is 303 g/mol. The summed E-state index contributed by atoms with van der Waals surface area (Å²) in [5.74, 6) is 2.14. The van der Waals surface area contributed by atoms with Crippen molar-refractivity contribution in [2.45, 2.75) is 19.4 Å². The van der Waals surface area contributed by atoms with E-state index in [-0.39, 0.29) is 0 Å². The molecule has 0 spiro atoms. The molecule has 2 nitrogen and oxygen atoms in total. The van der Waals surface area contributed by atoms with E-state index in [0.717, 1.165) is 31.1 Å². The summed E-state index contributed by atoms with van der Waals surface area (Å²) in [5, 5.41) is 6.29. The lowest BCUT2D eigenvalue weighted by Crippen LogP contribution is -2.24. The van der Waals surface area contributed by atoms with Crippen LogP contribution in [-0.4, -0.2) is 31.8 Å². The zero-order chi connectivity index (χ0) is 14.9. The Morgan fingerprint density at radius 3 is 2.71 bits per heavy atom. The molecule has 0 bridgehead atoms. The first-order chi connectivity index (χ1) is 10.3. The molecule has 1 N–H and O–H groups in total. The van der Waals surface area contributed by atoms with Crippen LogP contribution >= 0.6 is 11.8 Å². The number of nitrogens with one attached hydrogen (secondary N) is 1. The van der Waals surface area contributed by atoms with Gasteiger partial charge in [0.15, 0.2) is 0 Å². The van der Waals surface area contributed by atoms with Gasteiger partial charge in [-0.15, -0.1) is 0 Å². The van der Waals surface area contributed by atoms with Crippen LogP contribution in [0.25, 0.3) is 10.8 Å². The molecule has 1 atom stereocenters. The number of fused-ring (bicyclic) bond motifs is 1. The van der Waals surface area contributed by atoms with Gasteiger partial charge in [0.2, 0.25) is 0 Å². The highest BCUT2D eigenvalue weighted by atomic mass is 32.2. The Hall–Kier alpha value is -1.03. The van der Waals surface area contributed by atoms with Crippen molar-refractivity contribution in [1.29, 1.82) is 0 Å². The third-order valence-corrected chi connectivity index (χ3v) is 4.56. The van der Waals surface area contributed by atoms with E-state index in [1.165, 1.54) is 16.3 Å². The van der Waals surface area contributed by atoms with Gasteiger partial charge in [-0.25, -0.2) is 0 Å². The second-order valence-corrected chi connectivity index (χ2v) is 6.33. The van der Waals surface area contributed by atoms with Gasteiger partial charge >= 0.3 is 0 Å². The summed E-state index contributed by atoms with van der Waals surface area (Å²) >= 11 is 1.95. The van der Waals surface area contributed by atoms with Crippen molar-refractivity contribution in [3.05, 3.63) is 48.0 Å². The van der Waals surface area contributed by atoms with E-state index >= 15 is 0 Å². The highest BCUT2D eigenvalue weighted by Gasteiger charge is 2.11. The third-order valence-electron chi connectivity index (χ3n) is 3.53. The predicted molar refractivity (Wildman–Crippen MR) is 94.2 cm³/mol. The zero-order valence-electron chi connectivity index (χ0n) is 13.0. The maximum absolute atomic E-state index is 5.13. The molecule has 0 aliphatic carbocycles. The largest absolute Gasteiger partial charge is 0.384 e. The molecule has 2 rings (SSSR count). The first-order valence-corrected chi connectivity index (χ1v) is 8.79. The molecule has 2 aromatic rings. The molecule has 0 aliphatic heterocycles. The second kappa shape index (κ2) is 9.08. The van der Waals surface area contributed by atoms with Crippen LogP contribution in [0.1, 0.15) is 24.9 Å². The van der Waals surface area contributed by atoms with Crippen molar-refractivity contribution in [2.24, 2.45) is 0 Å². The maximum atomic E-state index is 5.13. The van der Waals surface area contributed by atoms with Crippen LogP contribution in [0.2, 0.25) is 0 Å². The van der Waals surface area contributed by atoms with Gasteiger partial charge in [0.25, 0.3) is 0 Å². The van der Waals surface area contributed by atoms with E-state index in [0.29, 0.717) is 6.04 Å². The zero-order valence-corrected chi connectivity index (χ0v) is 13.8. The van der Waals surface area contributed by atoms with Crippen molar-refractivity contribution in [3.8, 4) is 0 Å². The van der Waals surface area contributed by atoms with Crippen molar-refractivity contribution >= 4 is 22.5 Å². The van der Waals surface area contributed by atoms with Gasteiger partial charge in [0.05, 0.1) is 6.61 Å². The Balaban J connectivity index is 2.08. The molecule has 0 aliphatic rings. The third kappa shape index (κ3) is 5.03. The van der Waals surface area contributed by atoms with E-state index in [1.54, 1.807) is 7.11 Å². The molecule has 0 heterocycles. The molecule has 3 heteroatoms. The fourth-order valence-electron chi connectivity index (χ4n) is 2.36. The molecule has 21 heavy (non-hydrogen) atoms. The normalized spacial score (nSPS) is 12.7. The maximum Gasteiger partial charge on any atom is 0.0552 e. The van der Waals surface area contributed by atoms with Crippen LogP contribution in [0.5, 0.6) is 0 Å². The summed E-state index contributed by atoms with van der Waals surface area (Å²) in [5.41, 5.74) is 1.38. The first-order valence-electron chi connectivity index (χ1n) is 7.64. The number of benzene rings is 2. The fraction of sp³-hybridized carbons (Fsp3) is 0.444. The minimum Gasteiger partial charge on any atom is -0.384 e. The summed E-state index contributed by atoms with van der Waals surface area (Å²) in [4.78, 5) is 0. The predicted octanol–water partition coefficient (Wildman–Crippen LogP) is 4.26. The standard InChI is InChI=1S/C18H25NOS/c1-3-10-19-18(14-21-12-11-20-2)17-9-8-15-6-4-5-7-16(15)13-17/h4-9,13,18-19H,3,10-12,14H2,1-2H3. The Morgan fingerprint density at radius 2 is 1.95 bits per heavy atom. The molecule has 0 saturated heterocycles. The van der Waals surface area contributed by atoms with Crippen molar-refractivity contribution < 1.29 is 4.74 Å². The summed E-state index contributed by atoms with van der Waals surface area (Å²) in [6, 6.07) is 15.8. The molecule has 0 aromatic heterocycles. The smallest absolute Gasteiger partial charge is 0.0552 e. The van der Waals surface area contributed by atoms with Crippen LogP contribution in [0, 0.1) is 0 Å². The first kappa shape index (κ1) is 16.3. The van der Waals surface area contributed by atoms with Gasteiger partial charge in [-0.2, -0.15) is 11.8 Å². The van der Waals surface area contributed by atoms with Crippen LogP contribution in [-0.2, 0) is 4.74 Å². The lowest BCUT2D eigenvalue weighted by atomic mass is 10.0.